The summed E-state index contributed by atoms with van der Waals surface area (Å²) in [5.41, 5.74) is 0. The van der Waals surface area contributed by atoms with E-state index in [0.717, 1.165) is 25.7 Å². The molecule has 1 heterocycles. The molecule has 7 nitrogen and oxygen atoms in total. The molecule has 0 spiro atoms. The van der Waals surface area contributed by atoms with Crippen molar-refractivity contribution in [2.75, 3.05) is 0 Å². The number of nitrogens with zero attached hydrogens (tertiary/aromatic N) is 2. The molecular weight excluding hydrogens is 258 g/mol. The predicted molar refractivity (Wildman–Crippen MR) is 72.5 cm³/mol. The van der Waals surface area contributed by atoms with Crippen LogP contribution in [0.4, 0.5) is 0 Å². The summed E-state index contributed by atoms with van der Waals surface area (Å²) in [6, 6.07) is -0.719. The van der Waals surface area contributed by atoms with Crippen molar-refractivity contribution < 1.29 is 9.59 Å². The minimum absolute atomic E-state index is 0.156. The van der Waals surface area contributed by atoms with E-state index in [1.807, 2.05) is 6.92 Å². The molecule has 0 aromatic carbocycles. The number of nitrogens with one attached hydrogen (secondary N) is 3. The summed E-state index contributed by atoms with van der Waals surface area (Å²) in [5, 5.41) is 12.1. The Morgan fingerprint density at radius 3 is 2.60 bits per heavy atom. The Balaban J connectivity index is 2.00. The third kappa shape index (κ3) is 3.55. The summed E-state index contributed by atoms with van der Waals surface area (Å²) in [4.78, 5) is 27.7. The van der Waals surface area contributed by atoms with Crippen molar-refractivity contribution >= 4 is 11.8 Å². The van der Waals surface area contributed by atoms with Gasteiger partial charge in [0.15, 0.2) is 0 Å². The molecule has 1 aliphatic rings. The Hall–Kier alpha value is -1.92. The number of rotatable bonds is 5. The van der Waals surface area contributed by atoms with E-state index in [1.165, 1.54) is 13.3 Å². The van der Waals surface area contributed by atoms with E-state index in [1.54, 1.807) is 0 Å². The Morgan fingerprint density at radius 2 is 2.05 bits per heavy atom. The predicted octanol–water partition coefficient (Wildman–Crippen LogP) is 0.677. The van der Waals surface area contributed by atoms with Gasteiger partial charge in [-0.15, -0.1) is 0 Å². The lowest BCUT2D eigenvalue weighted by atomic mass is 9.97. The zero-order valence-electron chi connectivity index (χ0n) is 11.8. The molecule has 110 valence electrons. The van der Waals surface area contributed by atoms with Crippen LogP contribution >= 0.6 is 0 Å². The van der Waals surface area contributed by atoms with Crippen LogP contribution < -0.4 is 10.6 Å². The van der Waals surface area contributed by atoms with Crippen LogP contribution in [0.2, 0.25) is 0 Å². The number of amides is 2. The van der Waals surface area contributed by atoms with Gasteiger partial charge < -0.3 is 10.6 Å². The molecule has 1 aromatic rings. The fourth-order valence-electron chi connectivity index (χ4n) is 2.70. The van der Waals surface area contributed by atoms with E-state index >= 15 is 0 Å². The van der Waals surface area contributed by atoms with E-state index in [0.29, 0.717) is 5.82 Å². The summed E-state index contributed by atoms with van der Waals surface area (Å²) in [6.45, 7) is 3.27. The van der Waals surface area contributed by atoms with Crippen LogP contribution in [0.5, 0.6) is 0 Å². The van der Waals surface area contributed by atoms with Crippen LogP contribution in [0, 0.1) is 5.92 Å². The van der Waals surface area contributed by atoms with E-state index in [9.17, 15) is 9.59 Å². The maximum absolute atomic E-state index is 12.4. The van der Waals surface area contributed by atoms with Crippen molar-refractivity contribution in [2.24, 2.45) is 5.92 Å². The highest BCUT2D eigenvalue weighted by Gasteiger charge is 2.32. The molecule has 2 atom stereocenters. The lowest BCUT2D eigenvalue weighted by Gasteiger charge is -2.24. The Kier molecular flexibility index (Phi) is 4.70. The van der Waals surface area contributed by atoms with Gasteiger partial charge in [0.25, 0.3) is 0 Å². The van der Waals surface area contributed by atoms with Crippen molar-refractivity contribution in [3.8, 4) is 0 Å². The highest BCUT2D eigenvalue weighted by atomic mass is 16.2. The summed E-state index contributed by atoms with van der Waals surface area (Å²) >= 11 is 0. The van der Waals surface area contributed by atoms with Gasteiger partial charge in [0.2, 0.25) is 11.8 Å². The van der Waals surface area contributed by atoms with Gasteiger partial charge in [-0.05, 0) is 25.7 Å². The molecule has 1 aliphatic carbocycles. The summed E-state index contributed by atoms with van der Waals surface area (Å²) in [6.07, 6.45) is 5.60. The molecule has 20 heavy (non-hydrogen) atoms. The number of aromatic amines is 1. The number of H-pyrrole nitrogens is 1. The number of hydrogen-bond acceptors (Lipinski definition) is 4. The minimum Gasteiger partial charge on any atom is -0.345 e. The van der Waals surface area contributed by atoms with Gasteiger partial charge in [-0.3, -0.25) is 14.7 Å². The normalized spacial score (nSPS) is 18.5. The van der Waals surface area contributed by atoms with Crippen LogP contribution in [-0.4, -0.2) is 33.0 Å². The van der Waals surface area contributed by atoms with Crippen molar-refractivity contribution in [2.45, 2.75) is 51.6 Å². The zero-order valence-corrected chi connectivity index (χ0v) is 11.8. The van der Waals surface area contributed by atoms with E-state index in [-0.39, 0.29) is 23.8 Å². The third-order valence-electron chi connectivity index (χ3n) is 3.72. The Morgan fingerprint density at radius 1 is 1.35 bits per heavy atom. The molecule has 1 saturated carbocycles. The Labute approximate surface area is 117 Å². The third-order valence-corrected chi connectivity index (χ3v) is 3.72. The lowest BCUT2D eigenvalue weighted by molar-refractivity contribution is -0.129. The average molecular weight is 279 g/mol. The maximum Gasteiger partial charge on any atom is 0.243 e. The summed E-state index contributed by atoms with van der Waals surface area (Å²) in [7, 11) is 0. The lowest BCUT2D eigenvalue weighted by Crippen LogP contribution is -2.50. The topological polar surface area (TPSA) is 99.8 Å². The van der Waals surface area contributed by atoms with Crippen LogP contribution in [0.15, 0.2) is 6.33 Å². The van der Waals surface area contributed by atoms with Gasteiger partial charge in [0.1, 0.15) is 18.2 Å². The van der Waals surface area contributed by atoms with Gasteiger partial charge in [0, 0.05) is 6.92 Å². The monoisotopic (exact) mass is 279 g/mol. The molecule has 7 heteroatoms. The number of aromatic nitrogens is 3. The first-order valence-corrected chi connectivity index (χ1v) is 7.00. The van der Waals surface area contributed by atoms with E-state index in [2.05, 4.69) is 25.8 Å². The number of carbonyl (C=O) groups excluding carboxylic acids is 2. The molecule has 2 amide bonds. The first kappa shape index (κ1) is 14.5. The molecule has 0 radical (unpaired) electrons. The highest BCUT2D eigenvalue weighted by molar-refractivity contribution is 5.87. The number of carbonyl (C=O) groups is 2. The van der Waals surface area contributed by atoms with Crippen molar-refractivity contribution in [3.63, 3.8) is 0 Å². The molecule has 0 unspecified atom stereocenters. The van der Waals surface area contributed by atoms with E-state index in [4.69, 9.17) is 0 Å². The average Bonchev–Trinajstić information content (AvgIpc) is 3.08. The van der Waals surface area contributed by atoms with Gasteiger partial charge in [-0.2, -0.15) is 5.10 Å². The number of hydrogen-bond donors (Lipinski definition) is 3. The fourth-order valence-corrected chi connectivity index (χ4v) is 2.70. The molecule has 0 aliphatic heterocycles. The Bertz CT molecular complexity index is 453. The molecule has 0 bridgehead atoms. The zero-order chi connectivity index (χ0) is 14.5. The van der Waals surface area contributed by atoms with Gasteiger partial charge in [-0.25, -0.2) is 4.98 Å². The van der Waals surface area contributed by atoms with Gasteiger partial charge in [-0.1, -0.05) is 12.8 Å². The van der Waals surface area contributed by atoms with Crippen molar-refractivity contribution in [1.82, 2.24) is 25.8 Å². The summed E-state index contributed by atoms with van der Waals surface area (Å²) in [5.74, 6) is 0.493. The highest BCUT2D eigenvalue weighted by Crippen LogP contribution is 2.28. The molecule has 1 aromatic heterocycles. The van der Waals surface area contributed by atoms with E-state index < -0.39 is 6.04 Å². The quantitative estimate of drug-likeness (QED) is 0.737. The van der Waals surface area contributed by atoms with Crippen LogP contribution in [0.1, 0.15) is 51.4 Å². The fraction of sp³-hybridized carbons (Fsp3) is 0.692. The van der Waals surface area contributed by atoms with Crippen LogP contribution in [-0.2, 0) is 9.59 Å². The van der Waals surface area contributed by atoms with Crippen molar-refractivity contribution in [3.05, 3.63) is 12.2 Å². The minimum atomic E-state index is -0.458. The van der Waals surface area contributed by atoms with Crippen LogP contribution in [0.3, 0.4) is 0 Å². The first-order valence-electron chi connectivity index (χ1n) is 7.00. The second-order valence-corrected chi connectivity index (χ2v) is 5.32. The largest absolute Gasteiger partial charge is 0.345 e. The second kappa shape index (κ2) is 6.49. The van der Waals surface area contributed by atoms with Gasteiger partial charge >= 0.3 is 0 Å². The van der Waals surface area contributed by atoms with Crippen LogP contribution in [0.25, 0.3) is 0 Å². The molecular formula is C13H21N5O2. The molecule has 2 rings (SSSR count). The first-order chi connectivity index (χ1) is 9.58. The smallest absolute Gasteiger partial charge is 0.243 e. The molecule has 1 fully saturated rings. The van der Waals surface area contributed by atoms with Crippen molar-refractivity contribution in [1.29, 1.82) is 0 Å². The van der Waals surface area contributed by atoms with Gasteiger partial charge in [0.05, 0.1) is 6.04 Å². The standard InChI is InChI=1S/C13H21N5O2/c1-8(12-14-7-15-18-12)16-13(20)11(17-9(2)19)10-5-3-4-6-10/h7-8,10-11H,3-6H2,1-2H3,(H,16,20)(H,17,19)(H,14,15,18)/t8-,11+/m0/s1. The molecule has 3 N–H and O–H groups in total. The summed E-state index contributed by atoms with van der Waals surface area (Å²) < 4.78 is 0. The maximum atomic E-state index is 12.4. The SMILES string of the molecule is CC(=O)N[C@@H](C(=O)N[C@@H](C)c1ncn[nH]1)C1CCCC1. The second-order valence-electron chi connectivity index (χ2n) is 5.32. The molecule has 0 saturated heterocycles.